The monoisotopic (exact) mass is 299 g/mol. The van der Waals surface area contributed by atoms with Crippen molar-refractivity contribution >= 4 is 21.8 Å². The Balaban J connectivity index is 2.29. The molecular weight excluding hydrogens is 282 g/mol. The maximum atomic E-state index is 10.9. The summed E-state index contributed by atoms with van der Waals surface area (Å²) < 4.78 is 1.09. The number of nitrogens with zero attached hydrogens (tertiary/aromatic N) is 1. The minimum atomic E-state index is -0.110. The van der Waals surface area contributed by atoms with Crippen LogP contribution in [0.4, 0.5) is 0 Å². The first-order valence-corrected chi connectivity index (χ1v) is 6.33. The van der Waals surface area contributed by atoms with Crippen LogP contribution in [0.1, 0.15) is 18.4 Å². The zero-order chi connectivity index (χ0) is 12.7. The highest BCUT2D eigenvalue weighted by Crippen LogP contribution is 2.13. The number of nitrogens with one attached hydrogen (secondary N) is 1. The van der Waals surface area contributed by atoms with Crippen LogP contribution in [-0.2, 0) is 11.3 Å². The van der Waals surface area contributed by atoms with E-state index in [4.69, 9.17) is 5.84 Å². The quantitative estimate of drug-likeness (QED) is 0.477. The molecule has 0 aliphatic heterocycles. The topological polar surface area (TPSA) is 58.4 Å². The lowest BCUT2D eigenvalue weighted by Gasteiger charge is -2.16. The van der Waals surface area contributed by atoms with Crippen molar-refractivity contribution in [1.29, 1.82) is 0 Å². The number of rotatable bonds is 6. The summed E-state index contributed by atoms with van der Waals surface area (Å²) in [5.74, 6) is 4.90. The van der Waals surface area contributed by atoms with Gasteiger partial charge in [-0.25, -0.2) is 5.84 Å². The van der Waals surface area contributed by atoms with Gasteiger partial charge in [-0.3, -0.25) is 10.2 Å². The van der Waals surface area contributed by atoms with E-state index in [0.717, 1.165) is 24.0 Å². The van der Waals surface area contributed by atoms with E-state index in [1.54, 1.807) is 0 Å². The number of hydrogen-bond donors (Lipinski definition) is 2. The van der Waals surface area contributed by atoms with E-state index >= 15 is 0 Å². The molecule has 0 bridgehead atoms. The fourth-order valence-corrected chi connectivity index (χ4v) is 2.05. The Hall–Kier alpha value is -0.910. The number of benzene rings is 1. The molecule has 0 unspecified atom stereocenters. The van der Waals surface area contributed by atoms with Gasteiger partial charge in [-0.2, -0.15) is 0 Å². The lowest BCUT2D eigenvalue weighted by Crippen LogP contribution is -2.30. The maximum Gasteiger partial charge on any atom is 0.233 e. The Kier molecular flexibility index (Phi) is 6.18. The second-order valence-electron chi connectivity index (χ2n) is 4.04. The zero-order valence-electron chi connectivity index (χ0n) is 9.95. The molecule has 0 aliphatic carbocycles. The van der Waals surface area contributed by atoms with Gasteiger partial charge in [0.1, 0.15) is 0 Å². The standard InChI is InChI=1S/C12H18BrN3O/c1-16(7-3-6-12(17)15-14)9-10-4-2-5-11(13)8-10/h2,4-5,8H,3,6-7,9,14H2,1H3,(H,15,17). The van der Waals surface area contributed by atoms with Crippen molar-refractivity contribution in [1.82, 2.24) is 10.3 Å². The summed E-state index contributed by atoms with van der Waals surface area (Å²) in [6, 6.07) is 8.22. The van der Waals surface area contributed by atoms with Gasteiger partial charge < -0.3 is 4.90 Å². The predicted octanol–water partition coefficient (Wildman–Crippen LogP) is 1.65. The molecule has 0 saturated carbocycles. The van der Waals surface area contributed by atoms with Crippen molar-refractivity contribution in [2.24, 2.45) is 5.84 Å². The van der Waals surface area contributed by atoms with E-state index in [1.165, 1.54) is 5.56 Å². The highest BCUT2D eigenvalue weighted by atomic mass is 79.9. The molecule has 0 atom stereocenters. The molecule has 0 heterocycles. The van der Waals surface area contributed by atoms with Crippen molar-refractivity contribution in [3.05, 3.63) is 34.3 Å². The van der Waals surface area contributed by atoms with Gasteiger partial charge in [0.15, 0.2) is 0 Å². The molecule has 0 fully saturated rings. The first-order chi connectivity index (χ1) is 8.11. The molecule has 1 amide bonds. The summed E-state index contributed by atoms with van der Waals surface area (Å²) in [5, 5.41) is 0. The summed E-state index contributed by atoms with van der Waals surface area (Å²) in [5.41, 5.74) is 3.39. The Bertz CT molecular complexity index is 371. The molecule has 3 N–H and O–H groups in total. The van der Waals surface area contributed by atoms with Gasteiger partial charge in [-0.15, -0.1) is 0 Å². The van der Waals surface area contributed by atoms with Crippen LogP contribution in [0.25, 0.3) is 0 Å². The van der Waals surface area contributed by atoms with E-state index in [-0.39, 0.29) is 5.91 Å². The highest BCUT2D eigenvalue weighted by molar-refractivity contribution is 9.10. The number of carbonyl (C=O) groups is 1. The molecule has 4 nitrogen and oxygen atoms in total. The molecule has 1 aromatic carbocycles. The second kappa shape index (κ2) is 7.42. The molecule has 0 spiro atoms. The number of nitrogens with two attached hydrogens (primary N) is 1. The van der Waals surface area contributed by atoms with Gasteiger partial charge in [0, 0.05) is 17.4 Å². The average Bonchev–Trinajstić information content (AvgIpc) is 2.28. The summed E-state index contributed by atoms with van der Waals surface area (Å²) >= 11 is 3.45. The molecule has 17 heavy (non-hydrogen) atoms. The number of amides is 1. The molecular formula is C12H18BrN3O. The Labute approximate surface area is 110 Å². The molecule has 0 radical (unpaired) electrons. The largest absolute Gasteiger partial charge is 0.302 e. The van der Waals surface area contributed by atoms with Crippen LogP contribution in [0.3, 0.4) is 0 Å². The average molecular weight is 300 g/mol. The summed E-state index contributed by atoms with van der Waals surface area (Å²) in [6.07, 6.45) is 1.28. The molecule has 0 saturated heterocycles. The Morgan fingerprint density at radius 2 is 2.29 bits per heavy atom. The molecule has 94 valence electrons. The van der Waals surface area contributed by atoms with E-state index in [9.17, 15) is 4.79 Å². The number of hydrazine groups is 1. The smallest absolute Gasteiger partial charge is 0.233 e. The van der Waals surface area contributed by atoms with Gasteiger partial charge in [0.2, 0.25) is 5.91 Å². The molecule has 5 heteroatoms. The molecule has 0 aromatic heterocycles. The van der Waals surface area contributed by atoms with Crippen LogP contribution in [0.2, 0.25) is 0 Å². The van der Waals surface area contributed by atoms with E-state index < -0.39 is 0 Å². The number of carbonyl (C=O) groups excluding carboxylic acids is 1. The van der Waals surface area contributed by atoms with Crippen LogP contribution in [0, 0.1) is 0 Å². The molecule has 0 aliphatic rings. The second-order valence-corrected chi connectivity index (χ2v) is 4.95. The normalized spacial score (nSPS) is 10.6. The summed E-state index contributed by atoms with van der Waals surface area (Å²) in [6.45, 7) is 1.75. The van der Waals surface area contributed by atoms with Crippen LogP contribution in [-0.4, -0.2) is 24.4 Å². The maximum absolute atomic E-state index is 10.9. The third kappa shape index (κ3) is 5.81. The van der Waals surface area contributed by atoms with E-state index in [0.29, 0.717) is 6.42 Å². The first kappa shape index (κ1) is 14.2. The minimum absolute atomic E-state index is 0.110. The van der Waals surface area contributed by atoms with Crippen molar-refractivity contribution in [3.63, 3.8) is 0 Å². The van der Waals surface area contributed by atoms with E-state index in [1.807, 2.05) is 19.2 Å². The predicted molar refractivity (Wildman–Crippen MR) is 72.0 cm³/mol. The Morgan fingerprint density at radius 1 is 1.53 bits per heavy atom. The SMILES string of the molecule is CN(CCCC(=O)NN)Cc1cccc(Br)c1. The van der Waals surface area contributed by atoms with Crippen molar-refractivity contribution in [3.8, 4) is 0 Å². The fraction of sp³-hybridized carbons (Fsp3) is 0.417. The van der Waals surface area contributed by atoms with Crippen LogP contribution in [0.15, 0.2) is 28.7 Å². The fourth-order valence-electron chi connectivity index (χ4n) is 1.61. The highest BCUT2D eigenvalue weighted by Gasteiger charge is 2.03. The summed E-state index contributed by atoms with van der Waals surface area (Å²) in [7, 11) is 2.04. The molecule has 1 aromatic rings. The van der Waals surface area contributed by atoms with Crippen LogP contribution in [0.5, 0.6) is 0 Å². The summed E-state index contributed by atoms with van der Waals surface area (Å²) in [4.78, 5) is 13.1. The van der Waals surface area contributed by atoms with Crippen LogP contribution >= 0.6 is 15.9 Å². The third-order valence-electron chi connectivity index (χ3n) is 2.45. The third-order valence-corrected chi connectivity index (χ3v) is 2.94. The lowest BCUT2D eigenvalue weighted by atomic mass is 10.2. The van der Waals surface area contributed by atoms with Crippen LogP contribution < -0.4 is 11.3 Å². The lowest BCUT2D eigenvalue weighted by molar-refractivity contribution is -0.121. The Morgan fingerprint density at radius 3 is 2.94 bits per heavy atom. The molecule has 1 rings (SSSR count). The van der Waals surface area contributed by atoms with Crippen molar-refractivity contribution in [2.45, 2.75) is 19.4 Å². The van der Waals surface area contributed by atoms with Gasteiger partial charge in [0.05, 0.1) is 0 Å². The van der Waals surface area contributed by atoms with Gasteiger partial charge in [0.25, 0.3) is 0 Å². The van der Waals surface area contributed by atoms with Gasteiger partial charge in [-0.1, -0.05) is 28.1 Å². The number of hydrogen-bond acceptors (Lipinski definition) is 3. The minimum Gasteiger partial charge on any atom is -0.302 e. The van der Waals surface area contributed by atoms with Gasteiger partial charge in [-0.05, 0) is 37.7 Å². The van der Waals surface area contributed by atoms with Crippen molar-refractivity contribution in [2.75, 3.05) is 13.6 Å². The van der Waals surface area contributed by atoms with Crippen molar-refractivity contribution < 1.29 is 4.79 Å². The number of halogens is 1. The van der Waals surface area contributed by atoms with Gasteiger partial charge >= 0.3 is 0 Å². The first-order valence-electron chi connectivity index (χ1n) is 5.54. The zero-order valence-corrected chi connectivity index (χ0v) is 11.5. The van der Waals surface area contributed by atoms with E-state index in [2.05, 4.69) is 38.4 Å².